The fourth-order valence-electron chi connectivity index (χ4n) is 2.32. The van der Waals surface area contributed by atoms with Crippen molar-refractivity contribution in [2.24, 2.45) is 0 Å². The van der Waals surface area contributed by atoms with Crippen LogP contribution in [0.2, 0.25) is 0 Å². The zero-order chi connectivity index (χ0) is 16.4. The van der Waals surface area contributed by atoms with E-state index in [2.05, 4.69) is 19.9 Å². The van der Waals surface area contributed by atoms with Gasteiger partial charge < -0.3 is 9.80 Å². The van der Waals surface area contributed by atoms with Gasteiger partial charge >= 0.3 is 6.18 Å². The number of rotatable bonds is 2. The van der Waals surface area contributed by atoms with Crippen molar-refractivity contribution in [3.63, 3.8) is 0 Å². The normalized spacial score (nSPS) is 15.8. The Morgan fingerprint density at radius 2 is 1.70 bits per heavy atom. The molecule has 6 nitrogen and oxygen atoms in total. The summed E-state index contributed by atoms with van der Waals surface area (Å²) in [5.74, 6) is -0.330. The highest BCUT2D eigenvalue weighted by atomic mass is 19.4. The van der Waals surface area contributed by atoms with Gasteiger partial charge in [0.15, 0.2) is 11.6 Å². The summed E-state index contributed by atoms with van der Waals surface area (Å²) in [5, 5.41) is 0. The fraction of sp³-hybridized carbons (Fsp3) is 0.385. The summed E-state index contributed by atoms with van der Waals surface area (Å²) in [7, 11) is 0. The summed E-state index contributed by atoms with van der Waals surface area (Å²) < 4.78 is 51.7. The molecule has 1 aliphatic heterocycles. The molecule has 1 fully saturated rings. The molecule has 2 aromatic heterocycles. The largest absolute Gasteiger partial charge is 0.433 e. The highest BCUT2D eigenvalue weighted by molar-refractivity contribution is 5.42. The Hall–Kier alpha value is -2.52. The Labute approximate surface area is 128 Å². The molecule has 0 amide bonds. The zero-order valence-electron chi connectivity index (χ0n) is 11.8. The quantitative estimate of drug-likeness (QED) is 0.783. The maximum atomic E-state index is 13.6. The van der Waals surface area contributed by atoms with Crippen molar-refractivity contribution in [3.8, 4) is 0 Å². The lowest BCUT2D eigenvalue weighted by molar-refractivity contribution is -0.141. The van der Waals surface area contributed by atoms with E-state index < -0.39 is 17.7 Å². The first-order chi connectivity index (χ1) is 10.9. The molecule has 0 aromatic carbocycles. The second kappa shape index (κ2) is 5.94. The fourth-order valence-corrected chi connectivity index (χ4v) is 2.32. The van der Waals surface area contributed by atoms with Crippen molar-refractivity contribution < 1.29 is 17.6 Å². The van der Waals surface area contributed by atoms with Crippen LogP contribution in [0.25, 0.3) is 0 Å². The van der Waals surface area contributed by atoms with Gasteiger partial charge in [0.1, 0.15) is 12.0 Å². The van der Waals surface area contributed by atoms with Gasteiger partial charge in [0.2, 0.25) is 5.95 Å². The molecule has 3 heterocycles. The summed E-state index contributed by atoms with van der Waals surface area (Å²) in [4.78, 5) is 18.3. The van der Waals surface area contributed by atoms with Crippen LogP contribution in [0, 0.1) is 5.82 Å². The molecule has 0 N–H and O–H groups in total. The molecule has 0 atom stereocenters. The Morgan fingerprint density at radius 3 is 2.35 bits per heavy atom. The molecular formula is C13H12F4N6. The van der Waals surface area contributed by atoms with E-state index in [0.717, 1.165) is 18.5 Å². The van der Waals surface area contributed by atoms with Crippen LogP contribution >= 0.6 is 0 Å². The summed E-state index contributed by atoms with van der Waals surface area (Å²) >= 11 is 0. The Morgan fingerprint density at radius 1 is 1.00 bits per heavy atom. The summed E-state index contributed by atoms with van der Waals surface area (Å²) in [6.45, 7) is 1.52. The van der Waals surface area contributed by atoms with Crippen molar-refractivity contribution in [1.82, 2.24) is 19.9 Å². The topological polar surface area (TPSA) is 58.0 Å². The van der Waals surface area contributed by atoms with Gasteiger partial charge in [-0.15, -0.1) is 0 Å². The minimum atomic E-state index is -4.51. The molecule has 1 saturated heterocycles. The van der Waals surface area contributed by atoms with Crippen LogP contribution in [0.1, 0.15) is 5.69 Å². The van der Waals surface area contributed by atoms with Gasteiger partial charge in [0.25, 0.3) is 0 Å². The number of piperazine rings is 1. The van der Waals surface area contributed by atoms with Gasteiger partial charge in [0, 0.05) is 32.4 Å². The lowest BCUT2D eigenvalue weighted by Gasteiger charge is -2.35. The summed E-state index contributed by atoms with van der Waals surface area (Å²) in [6.07, 6.45) is -1.10. The minimum Gasteiger partial charge on any atom is -0.351 e. The molecule has 0 bridgehead atoms. The molecule has 0 spiro atoms. The van der Waals surface area contributed by atoms with Crippen LogP contribution < -0.4 is 9.80 Å². The summed E-state index contributed by atoms with van der Waals surface area (Å²) in [5.41, 5.74) is -0.980. The molecule has 0 aliphatic carbocycles. The van der Waals surface area contributed by atoms with Crippen LogP contribution in [0.4, 0.5) is 29.3 Å². The van der Waals surface area contributed by atoms with Crippen LogP contribution in [0.3, 0.4) is 0 Å². The van der Waals surface area contributed by atoms with E-state index in [1.165, 1.54) is 6.33 Å². The van der Waals surface area contributed by atoms with Gasteiger partial charge in [-0.05, 0) is 6.07 Å². The lowest BCUT2D eigenvalue weighted by Crippen LogP contribution is -2.47. The zero-order valence-corrected chi connectivity index (χ0v) is 11.8. The van der Waals surface area contributed by atoms with Crippen LogP contribution in [-0.4, -0.2) is 46.1 Å². The van der Waals surface area contributed by atoms with Crippen molar-refractivity contribution >= 4 is 11.8 Å². The number of hydrogen-bond acceptors (Lipinski definition) is 6. The predicted octanol–water partition coefficient (Wildman–Crippen LogP) is 1.75. The van der Waals surface area contributed by atoms with Crippen LogP contribution in [0.15, 0.2) is 24.8 Å². The molecule has 122 valence electrons. The number of anilines is 2. The van der Waals surface area contributed by atoms with E-state index in [1.807, 2.05) is 0 Å². The van der Waals surface area contributed by atoms with Gasteiger partial charge in [0.05, 0.1) is 6.20 Å². The van der Waals surface area contributed by atoms with E-state index >= 15 is 0 Å². The highest BCUT2D eigenvalue weighted by Crippen LogP contribution is 2.28. The van der Waals surface area contributed by atoms with Crippen LogP contribution in [0.5, 0.6) is 0 Å². The molecule has 0 radical (unpaired) electrons. The third-order valence-electron chi connectivity index (χ3n) is 3.44. The molecule has 10 heteroatoms. The molecule has 23 heavy (non-hydrogen) atoms. The smallest absolute Gasteiger partial charge is 0.351 e. The standard InChI is InChI=1S/C13H12F4N6/c14-9-7-18-8-20-11(9)22-3-5-23(6-4-22)12-19-2-1-10(21-12)13(15,16)17/h1-2,7-8H,3-6H2. The molecule has 3 rings (SSSR count). The van der Waals surface area contributed by atoms with Gasteiger partial charge in [-0.3, -0.25) is 0 Å². The summed E-state index contributed by atoms with van der Waals surface area (Å²) in [6, 6.07) is 0.829. The van der Waals surface area contributed by atoms with Crippen molar-refractivity contribution in [2.75, 3.05) is 36.0 Å². The minimum absolute atomic E-state index is 0.0163. The molecule has 1 aliphatic rings. The van der Waals surface area contributed by atoms with E-state index in [1.54, 1.807) is 9.80 Å². The van der Waals surface area contributed by atoms with E-state index in [-0.39, 0.29) is 11.8 Å². The van der Waals surface area contributed by atoms with Crippen molar-refractivity contribution in [1.29, 1.82) is 0 Å². The van der Waals surface area contributed by atoms with Gasteiger partial charge in [-0.2, -0.15) is 13.2 Å². The third kappa shape index (κ3) is 3.30. The van der Waals surface area contributed by atoms with Crippen LogP contribution in [-0.2, 0) is 6.18 Å². The average molecular weight is 328 g/mol. The van der Waals surface area contributed by atoms with Gasteiger partial charge in [-0.25, -0.2) is 24.3 Å². The Balaban J connectivity index is 1.71. The second-order valence-electron chi connectivity index (χ2n) is 4.91. The highest BCUT2D eigenvalue weighted by Gasteiger charge is 2.33. The number of alkyl halides is 3. The average Bonchev–Trinajstić information content (AvgIpc) is 2.55. The van der Waals surface area contributed by atoms with Gasteiger partial charge in [-0.1, -0.05) is 0 Å². The monoisotopic (exact) mass is 328 g/mol. The lowest BCUT2D eigenvalue weighted by atomic mass is 10.3. The second-order valence-corrected chi connectivity index (χ2v) is 4.91. The van der Waals surface area contributed by atoms with Crippen molar-refractivity contribution in [3.05, 3.63) is 36.3 Å². The number of nitrogens with zero attached hydrogens (tertiary/aromatic N) is 6. The third-order valence-corrected chi connectivity index (χ3v) is 3.44. The molecule has 0 saturated carbocycles. The Bertz CT molecular complexity index is 684. The first-order valence-electron chi connectivity index (χ1n) is 6.81. The molecule has 0 unspecified atom stereocenters. The first kappa shape index (κ1) is 15.4. The van der Waals surface area contributed by atoms with E-state index in [4.69, 9.17) is 0 Å². The predicted molar refractivity (Wildman–Crippen MR) is 73.5 cm³/mol. The molecule has 2 aromatic rings. The Kier molecular flexibility index (Phi) is 3.97. The number of hydrogen-bond donors (Lipinski definition) is 0. The number of halogens is 4. The number of aromatic nitrogens is 4. The van der Waals surface area contributed by atoms with E-state index in [9.17, 15) is 17.6 Å². The maximum absolute atomic E-state index is 13.6. The van der Waals surface area contributed by atoms with E-state index in [0.29, 0.717) is 26.2 Å². The first-order valence-corrected chi connectivity index (χ1v) is 6.81. The maximum Gasteiger partial charge on any atom is 0.433 e. The molecular weight excluding hydrogens is 316 g/mol. The van der Waals surface area contributed by atoms with Crippen molar-refractivity contribution in [2.45, 2.75) is 6.18 Å². The SMILES string of the molecule is Fc1cncnc1N1CCN(c2nccc(C(F)(F)F)n2)CC1.